The van der Waals surface area contributed by atoms with Gasteiger partial charge in [0.05, 0.1) is 22.4 Å². The predicted octanol–water partition coefficient (Wildman–Crippen LogP) is 2.32. The van der Waals surface area contributed by atoms with E-state index < -0.39 is 10.8 Å². The van der Waals surface area contributed by atoms with Gasteiger partial charge in [0.25, 0.3) is 0 Å². The number of halogens is 1. The molecule has 0 amide bonds. The van der Waals surface area contributed by atoms with Crippen LogP contribution in [0.25, 0.3) is 0 Å². The number of fused-ring (bicyclic) bond motifs is 3. The van der Waals surface area contributed by atoms with E-state index in [2.05, 4.69) is 19.4 Å². The molecule has 0 bridgehead atoms. The summed E-state index contributed by atoms with van der Waals surface area (Å²) in [4.78, 5) is 11.0. The highest BCUT2D eigenvalue weighted by atomic mass is 35.5. The smallest absolute Gasteiger partial charge is 0.129 e. The van der Waals surface area contributed by atoms with Crippen LogP contribution in [0.4, 0.5) is 0 Å². The molecule has 0 unspecified atom stereocenters. The van der Waals surface area contributed by atoms with Crippen LogP contribution in [0.5, 0.6) is 0 Å². The van der Waals surface area contributed by atoms with Crippen LogP contribution in [0.2, 0.25) is 5.02 Å². The van der Waals surface area contributed by atoms with Gasteiger partial charge in [-0.25, -0.2) is 9.97 Å². The van der Waals surface area contributed by atoms with Crippen LogP contribution in [0.3, 0.4) is 0 Å². The zero-order chi connectivity index (χ0) is 19.3. The van der Waals surface area contributed by atoms with Crippen LogP contribution in [0.1, 0.15) is 41.9 Å². The molecule has 2 aromatic heterocycles. The van der Waals surface area contributed by atoms with E-state index >= 15 is 0 Å². The molecule has 1 fully saturated rings. The Kier molecular flexibility index (Phi) is 4.82. The topological polar surface area (TPSA) is 71.2 Å². The molecule has 0 saturated heterocycles. The van der Waals surface area contributed by atoms with E-state index in [1.807, 2.05) is 0 Å². The standard InChI is InChI=1S/C20H25ClN4O2S/c21-14-8-22-18(23-9-14)2-6-24-10-16-15-3-7-28(27)19(15)25(17(16)11-24)12-20(13-26)4-1-5-20/h8-9,26H,1-7,10-13H2/t28-/m1/s1. The molecule has 0 spiro atoms. The predicted molar refractivity (Wildman–Crippen MR) is 108 cm³/mol. The number of hydrogen-bond donors (Lipinski definition) is 1. The van der Waals surface area contributed by atoms with E-state index in [-0.39, 0.29) is 12.0 Å². The third-order valence-corrected chi connectivity index (χ3v) is 8.29. The summed E-state index contributed by atoms with van der Waals surface area (Å²) in [6, 6.07) is 0. The third kappa shape index (κ3) is 3.12. The van der Waals surface area contributed by atoms with Crippen molar-refractivity contribution in [3.63, 3.8) is 0 Å². The number of aromatic nitrogens is 3. The second kappa shape index (κ2) is 7.20. The molecule has 6 nitrogen and oxygen atoms in total. The van der Waals surface area contributed by atoms with Gasteiger partial charge in [-0.15, -0.1) is 0 Å². The van der Waals surface area contributed by atoms with Crippen LogP contribution >= 0.6 is 11.6 Å². The minimum Gasteiger partial charge on any atom is -0.396 e. The summed E-state index contributed by atoms with van der Waals surface area (Å²) in [5.74, 6) is 1.55. The SMILES string of the molecule is O=[S@@]1CCc2c3c(n(CC4(CO)CCC4)c21)CN(CCc1ncc(Cl)cn1)C3. The molecule has 2 aliphatic heterocycles. The lowest BCUT2D eigenvalue weighted by Crippen LogP contribution is -2.38. The summed E-state index contributed by atoms with van der Waals surface area (Å²) in [6.07, 6.45) is 8.30. The van der Waals surface area contributed by atoms with Gasteiger partial charge in [0.15, 0.2) is 0 Å². The molecule has 4 heterocycles. The largest absolute Gasteiger partial charge is 0.396 e. The van der Waals surface area contributed by atoms with Gasteiger partial charge >= 0.3 is 0 Å². The van der Waals surface area contributed by atoms with Gasteiger partial charge in [0.2, 0.25) is 0 Å². The fourth-order valence-electron chi connectivity index (χ4n) is 4.85. The second-order valence-corrected chi connectivity index (χ2v) is 10.3. The molecule has 5 rings (SSSR count). The molecule has 1 aliphatic carbocycles. The average molecular weight is 421 g/mol. The Morgan fingerprint density at radius 2 is 2.00 bits per heavy atom. The van der Waals surface area contributed by atoms with E-state index in [1.165, 1.54) is 23.2 Å². The molecule has 0 aromatic carbocycles. The molecule has 1 saturated carbocycles. The summed E-state index contributed by atoms with van der Waals surface area (Å²) >= 11 is 5.87. The van der Waals surface area contributed by atoms with Gasteiger partial charge < -0.3 is 9.67 Å². The normalized spacial score (nSPS) is 22.9. The lowest BCUT2D eigenvalue weighted by molar-refractivity contribution is 0.0246. The van der Waals surface area contributed by atoms with E-state index in [9.17, 15) is 9.32 Å². The Balaban J connectivity index is 1.36. The first-order valence-electron chi connectivity index (χ1n) is 10.00. The zero-order valence-corrected chi connectivity index (χ0v) is 17.4. The summed E-state index contributed by atoms with van der Waals surface area (Å²) in [6.45, 7) is 3.69. The molecule has 2 aromatic rings. The van der Waals surface area contributed by atoms with Gasteiger partial charge in [-0.3, -0.25) is 9.11 Å². The van der Waals surface area contributed by atoms with Gasteiger partial charge in [-0.1, -0.05) is 18.0 Å². The minimum absolute atomic E-state index is 0.0160. The first-order valence-corrected chi connectivity index (χ1v) is 11.7. The second-order valence-electron chi connectivity index (χ2n) is 8.38. The van der Waals surface area contributed by atoms with Crippen molar-refractivity contribution in [2.24, 2.45) is 5.41 Å². The van der Waals surface area contributed by atoms with E-state index in [4.69, 9.17) is 11.6 Å². The molecule has 1 atom stereocenters. The number of hydrogen-bond acceptors (Lipinski definition) is 5. The van der Waals surface area contributed by atoms with Gasteiger partial charge in [0, 0.05) is 61.9 Å². The highest BCUT2D eigenvalue weighted by Crippen LogP contribution is 2.45. The maximum atomic E-state index is 12.7. The van der Waals surface area contributed by atoms with Gasteiger partial charge in [0.1, 0.15) is 10.9 Å². The van der Waals surface area contributed by atoms with Crippen LogP contribution in [0.15, 0.2) is 17.4 Å². The maximum Gasteiger partial charge on any atom is 0.129 e. The maximum absolute atomic E-state index is 12.7. The zero-order valence-electron chi connectivity index (χ0n) is 15.9. The molecule has 28 heavy (non-hydrogen) atoms. The molecule has 150 valence electrons. The summed E-state index contributed by atoms with van der Waals surface area (Å²) in [5.41, 5.74) is 3.99. The molecule has 1 N–H and O–H groups in total. The van der Waals surface area contributed by atoms with Crippen LogP contribution in [-0.4, -0.2) is 47.7 Å². The van der Waals surface area contributed by atoms with Crippen molar-refractivity contribution in [3.05, 3.63) is 40.1 Å². The number of rotatable bonds is 6. The lowest BCUT2D eigenvalue weighted by atomic mass is 9.69. The summed E-state index contributed by atoms with van der Waals surface area (Å²) < 4.78 is 15.0. The van der Waals surface area contributed by atoms with E-state index in [1.54, 1.807) is 12.4 Å². The van der Waals surface area contributed by atoms with Crippen molar-refractivity contribution < 1.29 is 9.32 Å². The highest BCUT2D eigenvalue weighted by molar-refractivity contribution is 7.85. The van der Waals surface area contributed by atoms with Crippen LogP contribution in [-0.2, 0) is 43.3 Å². The number of aliphatic hydroxyl groups excluding tert-OH is 1. The highest BCUT2D eigenvalue weighted by Gasteiger charge is 2.41. The number of nitrogens with zero attached hydrogens (tertiary/aromatic N) is 4. The van der Waals surface area contributed by atoms with Crippen LogP contribution < -0.4 is 0 Å². The lowest BCUT2D eigenvalue weighted by Gasteiger charge is -2.41. The quantitative estimate of drug-likeness (QED) is 0.776. The summed E-state index contributed by atoms with van der Waals surface area (Å²) in [7, 11) is -0.898. The van der Waals surface area contributed by atoms with Crippen molar-refractivity contribution in [2.45, 2.75) is 56.8 Å². The number of aliphatic hydroxyl groups is 1. The van der Waals surface area contributed by atoms with Crippen LogP contribution in [0, 0.1) is 5.41 Å². The van der Waals surface area contributed by atoms with E-state index in [0.717, 1.165) is 68.5 Å². The van der Waals surface area contributed by atoms with Gasteiger partial charge in [-0.2, -0.15) is 0 Å². The van der Waals surface area contributed by atoms with Crippen molar-refractivity contribution in [1.29, 1.82) is 0 Å². The minimum atomic E-state index is -0.898. The average Bonchev–Trinajstić information content (AvgIpc) is 3.31. The molecule has 3 aliphatic rings. The van der Waals surface area contributed by atoms with Crippen molar-refractivity contribution in [2.75, 3.05) is 18.9 Å². The Bertz CT molecular complexity index is 918. The fourth-order valence-corrected chi connectivity index (χ4v) is 6.45. The Hall–Kier alpha value is -1.28. The Morgan fingerprint density at radius 1 is 1.21 bits per heavy atom. The molecular formula is C20H25ClN4O2S. The molecule has 8 heteroatoms. The molecule has 0 radical (unpaired) electrons. The van der Waals surface area contributed by atoms with Crippen molar-refractivity contribution >= 4 is 22.4 Å². The molecular weight excluding hydrogens is 396 g/mol. The van der Waals surface area contributed by atoms with Crippen molar-refractivity contribution in [1.82, 2.24) is 19.4 Å². The Labute approximate surface area is 172 Å². The van der Waals surface area contributed by atoms with Gasteiger partial charge in [-0.05, 0) is 30.4 Å². The first kappa shape index (κ1) is 18.7. The van der Waals surface area contributed by atoms with E-state index in [0.29, 0.717) is 5.02 Å². The monoisotopic (exact) mass is 420 g/mol. The Morgan fingerprint density at radius 3 is 2.68 bits per heavy atom. The van der Waals surface area contributed by atoms with Crippen molar-refractivity contribution in [3.8, 4) is 0 Å². The summed E-state index contributed by atoms with van der Waals surface area (Å²) in [5, 5.41) is 11.6. The first-order chi connectivity index (χ1) is 13.6. The fraction of sp³-hybridized carbons (Fsp3) is 0.600. The third-order valence-electron chi connectivity index (χ3n) is 6.62.